The minimum Gasteiger partial charge on any atom is -0.453 e. The number of rotatable bonds is 2. The lowest BCUT2D eigenvalue weighted by molar-refractivity contribution is -0.0200. The molecule has 3 fully saturated rings. The van der Waals surface area contributed by atoms with E-state index in [0.717, 1.165) is 19.3 Å². The first-order chi connectivity index (χ1) is 9.30. The molecule has 0 radical (unpaired) electrons. The molecule has 5 atom stereocenters. The Balaban J connectivity index is 1.87. The number of fused-ring (bicyclic) bond motifs is 4. The normalized spacial score (nSPS) is 43.0. The van der Waals surface area contributed by atoms with Gasteiger partial charge in [0.25, 0.3) is 0 Å². The third kappa shape index (κ3) is 2.01. The van der Waals surface area contributed by atoms with Gasteiger partial charge in [-0.25, -0.2) is 4.79 Å². The molecule has 2 heterocycles. The summed E-state index contributed by atoms with van der Waals surface area (Å²) in [7, 11) is -0.0623. The zero-order chi connectivity index (χ0) is 14.7. The van der Waals surface area contributed by atoms with Crippen LogP contribution in [-0.4, -0.2) is 44.1 Å². The number of ether oxygens (including phenoxy) is 1. The zero-order valence-corrected chi connectivity index (χ0v) is 14.3. The summed E-state index contributed by atoms with van der Waals surface area (Å²) < 4.78 is 11.6. The van der Waals surface area contributed by atoms with Crippen LogP contribution in [0.2, 0.25) is 19.6 Å². The van der Waals surface area contributed by atoms with Crippen molar-refractivity contribution in [3.8, 4) is 0 Å². The molecule has 0 aromatic carbocycles. The molecule has 1 amide bonds. The third-order valence-electron chi connectivity index (χ3n) is 5.40. The van der Waals surface area contributed by atoms with Gasteiger partial charge in [0.2, 0.25) is 0 Å². The highest BCUT2D eigenvalue weighted by Crippen LogP contribution is 2.65. The van der Waals surface area contributed by atoms with E-state index in [9.17, 15) is 4.79 Å². The van der Waals surface area contributed by atoms with Crippen molar-refractivity contribution in [1.29, 1.82) is 0 Å². The lowest BCUT2D eigenvalue weighted by Gasteiger charge is -2.48. The molecule has 0 unspecified atom stereocenters. The SMILES string of the molecule is COC(=O)N1[C@H]2CCC[C@@H]1[C@H]1[C@@H](C)[C@@]1(O[Si](C)(C)C)C2. The van der Waals surface area contributed by atoms with E-state index in [1.807, 2.05) is 4.90 Å². The maximum Gasteiger partial charge on any atom is 0.409 e. The van der Waals surface area contributed by atoms with Crippen molar-refractivity contribution in [2.24, 2.45) is 11.8 Å². The fraction of sp³-hybridized carbons (Fsp3) is 0.933. The molecule has 1 saturated carbocycles. The summed E-state index contributed by atoms with van der Waals surface area (Å²) in [6.45, 7) is 9.12. The van der Waals surface area contributed by atoms with Gasteiger partial charge in [0.05, 0.1) is 12.7 Å². The number of piperidine rings is 2. The average molecular weight is 297 g/mol. The number of amides is 1. The monoisotopic (exact) mass is 297 g/mol. The van der Waals surface area contributed by atoms with Gasteiger partial charge in [-0.05, 0) is 51.2 Å². The number of carbonyl (C=O) groups is 1. The van der Waals surface area contributed by atoms with Gasteiger partial charge < -0.3 is 14.1 Å². The molecule has 2 saturated heterocycles. The molecule has 3 rings (SSSR count). The van der Waals surface area contributed by atoms with Crippen LogP contribution in [0.25, 0.3) is 0 Å². The fourth-order valence-corrected chi connectivity index (χ4v) is 6.36. The van der Waals surface area contributed by atoms with Crippen LogP contribution in [0.3, 0.4) is 0 Å². The topological polar surface area (TPSA) is 38.8 Å². The van der Waals surface area contributed by atoms with Crippen LogP contribution in [0.15, 0.2) is 0 Å². The van der Waals surface area contributed by atoms with Gasteiger partial charge in [-0.15, -0.1) is 0 Å². The van der Waals surface area contributed by atoms with Crippen LogP contribution in [0.1, 0.15) is 32.6 Å². The molecule has 0 aromatic rings. The molecule has 4 nitrogen and oxygen atoms in total. The maximum atomic E-state index is 12.1. The lowest BCUT2D eigenvalue weighted by Crippen LogP contribution is -2.58. The summed E-state index contributed by atoms with van der Waals surface area (Å²) in [5.74, 6) is 1.10. The predicted molar refractivity (Wildman–Crippen MR) is 80.1 cm³/mol. The van der Waals surface area contributed by atoms with E-state index in [1.54, 1.807) is 0 Å². The number of hydrogen-bond donors (Lipinski definition) is 0. The molecule has 0 N–H and O–H groups in total. The van der Waals surface area contributed by atoms with Crippen LogP contribution in [0.4, 0.5) is 4.79 Å². The van der Waals surface area contributed by atoms with Crippen LogP contribution in [0.5, 0.6) is 0 Å². The average Bonchev–Trinajstić information content (AvgIpc) is 2.88. The molecule has 2 bridgehead atoms. The summed E-state index contributed by atoms with van der Waals surface area (Å²) in [5, 5.41) is 0. The summed E-state index contributed by atoms with van der Waals surface area (Å²) in [4.78, 5) is 14.1. The first-order valence-electron chi connectivity index (χ1n) is 7.86. The molecule has 3 aliphatic rings. The van der Waals surface area contributed by atoms with Crippen LogP contribution in [-0.2, 0) is 9.16 Å². The molecule has 0 aromatic heterocycles. The van der Waals surface area contributed by atoms with E-state index in [1.165, 1.54) is 13.5 Å². The van der Waals surface area contributed by atoms with Gasteiger partial charge in [-0.1, -0.05) is 6.92 Å². The van der Waals surface area contributed by atoms with Crippen molar-refractivity contribution in [3.63, 3.8) is 0 Å². The molecule has 5 heteroatoms. The molecule has 0 spiro atoms. The number of methoxy groups -OCH3 is 1. The van der Waals surface area contributed by atoms with Gasteiger partial charge in [-0.2, -0.15) is 0 Å². The second kappa shape index (κ2) is 4.47. The number of carbonyl (C=O) groups excluding carboxylic acids is 1. The summed E-state index contributed by atoms with van der Waals surface area (Å²) in [6, 6.07) is 0.653. The Morgan fingerprint density at radius 2 is 2.00 bits per heavy atom. The minimum atomic E-state index is -1.56. The molecule has 1 aliphatic carbocycles. The van der Waals surface area contributed by atoms with Crippen molar-refractivity contribution in [2.45, 2.75) is 69.9 Å². The Kier molecular flexibility index (Phi) is 3.21. The summed E-state index contributed by atoms with van der Waals surface area (Å²) >= 11 is 0. The zero-order valence-electron chi connectivity index (χ0n) is 13.3. The Morgan fingerprint density at radius 3 is 2.60 bits per heavy atom. The van der Waals surface area contributed by atoms with E-state index in [2.05, 4.69) is 26.6 Å². The largest absolute Gasteiger partial charge is 0.453 e. The Bertz CT molecular complexity index is 422. The van der Waals surface area contributed by atoms with Gasteiger partial charge in [-0.3, -0.25) is 0 Å². The van der Waals surface area contributed by atoms with Crippen LogP contribution >= 0.6 is 0 Å². The number of nitrogens with zero attached hydrogens (tertiary/aromatic N) is 1. The van der Waals surface area contributed by atoms with E-state index in [4.69, 9.17) is 9.16 Å². The Morgan fingerprint density at radius 1 is 1.30 bits per heavy atom. The second-order valence-corrected chi connectivity index (χ2v) is 12.1. The van der Waals surface area contributed by atoms with Gasteiger partial charge >= 0.3 is 6.09 Å². The predicted octanol–water partition coefficient (Wildman–Crippen LogP) is 3.24. The van der Waals surface area contributed by atoms with Crippen molar-refractivity contribution >= 4 is 14.4 Å². The lowest BCUT2D eigenvalue weighted by atomic mass is 9.83. The maximum absolute atomic E-state index is 12.1. The van der Waals surface area contributed by atoms with E-state index < -0.39 is 8.32 Å². The van der Waals surface area contributed by atoms with E-state index in [-0.39, 0.29) is 11.7 Å². The molecule has 20 heavy (non-hydrogen) atoms. The highest BCUT2D eigenvalue weighted by Gasteiger charge is 2.72. The Hall–Kier alpha value is -0.553. The van der Waals surface area contributed by atoms with E-state index >= 15 is 0 Å². The number of hydrogen-bond acceptors (Lipinski definition) is 3. The molecular formula is C15H27NO3Si. The molecular weight excluding hydrogens is 270 g/mol. The first kappa shape index (κ1) is 14.4. The van der Waals surface area contributed by atoms with Crippen molar-refractivity contribution in [1.82, 2.24) is 4.90 Å². The highest BCUT2D eigenvalue weighted by molar-refractivity contribution is 6.69. The van der Waals surface area contributed by atoms with Crippen molar-refractivity contribution in [3.05, 3.63) is 0 Å². The van der Waals surface area contributed by atoms with E-state index in [0.29, 0.717) is 23.9 Å². The minimum absolute atomic E-state index is 0.0603. The van der Waals surface area contributed by atoms with Gasteiger partial charge in [0.1, 0.15) is 0 Å². The van der Waals surface area contributed by atoms with Gasteiger partial charge in [0, 0.05) is 18.0 Å². The fourth-order valence-electron chi connectivity index (χ4n) is 4.81. The molecule has 114 valence electrons. The highest BCUT2D eigenvalue weighted by atomic mass is 28.4. The van der Waals surface area contributed by atoms with Crippen LogP contribution < -0.4 is 0 Å². The third-order valence-corrected chi connectivity index (χ3v) is 6.40. The quantitative estimate of drug-likeness (QED) is 0.735. The Labute approximate surface area is 122 Å². The summed E-state index contributed by atoms with van der Waals surface area (Å²) in [5.41, 5.74) is 0.0603. The van der Waals surface area contributed by atoms with Crippen LogP contribution in [0, 0.1) is 11.8 Å². The molecule has 2 aliphatic heterocycles. The standard InChI is InChI=1S/C15H27NO3Si/c1-10-13-12-8-6-7-11(16(12)14(17)18-2)9-15(10,13)19-20(3,4)5/h10-13H,6-9H2,1-5H3/t10-,11+,12-,13-,15+/m1/s1. The van der Waals surface area contributed by atoms with Crippen molar-refractivity contribution in [2.75, 3.05) is 7.11 Å². The summed E-state index contributed by atoms with van der Waals surface area (Å²) in [6.07, 6.45) is 4.31. The van der Waals surface area contributed by atoms with Crippen molar-refractivity contribution < 1.29 is 14.0 Å². The second-order valence-electron chi connectivity index (χ2n) is 7.72. The smallest absolute Gasteiger partial charge is 0.409 e. The van der Waals surface area contributed by atoms with Gasteiger partial charge in [0.15, 0.2) is 8.32 Å². The first-order valence-corrected chi connectivity index (χ1v) is 11.3.